The molecule has 0 saturated heterocycles. The maximum atomic E-state index is 2.44. The molecule has 11 rings (SSSR count). The number of thiophene rings is 2. The summed E-state index contributed by atoms with van der Waals surface area (Å²) in [6.07, 6.45) is 0. The summed E-state index contributed by atoms with van der Waals surface area (Å²) in [6.45, 7) is 0. The molecule has 2 heteroatoms. The molecule has 50 heavy (non-hydrogen) atoms. The van der Waals surface area contributed by atoms with E-state index in [9.17, 15) is 0 Å². The fourth-order valence-corrected chi connectivity index (χ4v) is 10.4. The fourth-order valence-electron chi connectivity index (χ4n) is 8.19. The molecule has 0 amide bonds. The predicted octanol–water partition coefficient (Wildman–Crippen LogP) is 14.9. The normalized spacial score (nSPS) is 12.0. The molecular formula is C48H28S2. The van der Waals surface area contributed by atoms with Crippen LogP contribution >= 0.6 is 22.7 Å². The maximum absolute atomic E-state index is 2.44. The van der Waals surface area contributed by atoms with E-state index in [-0.39, 0.29) is 0 Å². The quantitative estimate of drug-likeness (QED) is 0.164. The number of hydrogen-bond acceptors (Lipinski definition) is 2. The van der Waals surface area contributed by atoms with E-state index >= 15 is 0 Å². The van der Waals surface area contributed by atoms with Crippen molar-refractivity contribution < 1.29 is 0 Å². The molecule has 0 nitrogen and oxygen atoms in total. The van der Waals surface area contributed by atoms with E-state index in [2.05, 4.69) is 170 Å². The van der Waals surface area contributed by atoms with Gasteiger partial charge in [-0.05, 0) is 108 Å². The molecule has 0 spiro atoms. The molecule has 9 aromatic carbocycles. The Balaban J connectivity index is 1.18. The zero-order valence-corrected chi connectivity index (χ0v) is 28.6. The summed E-state index contributed by atoms with van der Waals surface area (Å²) in [5, 5.41) is 13.0. The van der Waals surface area contributed by atoms with Gasteiger partial charge in [-0.2, -0.15) is 0 Å². The topological polar surface area (TPSA) is 0 Å². The molecule has 2 aromatic heterocycles. The van der Waals surface area contributed by atoms with E-state index in [0.717, 1.165) is 0 Å². The van der Waals surface area contributed by atoms with Crippen molar-refractivity contribution in [2.24, 2.45) is 0 Å². The monoisotopic (exact) mass is 668 g/mol. The molecule has 0 atom stereocenters. The number of hydrogen-bond donors (Lipinski definition) is 0. The summed E-state index contributed by atoms with van der Waals surface area (Å²) in [4.78, 5) is 0. The Bertz CT molecular complexity index is 3080. The zero-order valence-electron chi connectivity index (χ0n) is 27.0. The highest BCUT2D eigenvalue weighted by molar-refractivity contribution is 7.27. The Morgan fingerprint density at radius 3 is 1.48 bits per heavy atom. The van der Waals surface area contributed by atoms with Crippen molar-refractivity contribution in [1.82, 2.24) is 0 Å². The first kappa shape index (κ1) is 28.1. The second-order valence-corrected chi connectivity index (χ2v) is 15.4. The number of rotatable bonds is 3. The molecule has 0 aliphatic carbocycles. The van der Waals surface area contributed by atoms with Crippen LogP contribution < -0.4 is 0 Å². The van der Waals surface area contributed by atoms with Crippen LogP contribution in [0.15, 0.2) is 170 Å². The van der Waals surface area contributed by atoms with Gasteiger partial charge in [0.25, 0.3) is 0 Å². The van der Waals surface area contributed by atoms with E-state index in [1.165, 1.54) is 106 Å². The second-order valence-electron chi connectivity index (χ2n) is 13.2. The Kier molecular flexibility index (Phi) is 6.09. The molecule has 0 aliphatic heterocycles. The third-order valence-corrected chi connectivity index (χ3v) is 12.7. The highest BCUT2D eigenvalue weighted by atomic mass is 32.1. The van der Waals surface area contributed by atoms with Gasteiger partial charge in [-0.25, -0.2) is 0 Å². The van der Waals surface area contributed by atoms with E-state index in [1.54, 1.807) is 0 Å². The largest absolute Gasteiger partial charge is 0.135 e. The standard InChI is InChI=1S/C48H28S2/c1-2-12-29(13-3-1)47-35-17-6-8-19-37(35)48(38-20-9-7-18-36(38)47)42-26-32(24-31-14-4-5-15-33(31)42)30-22-23-44-39(25-30)41-28-45-40(27-46(41)50-44)34-16-10-11-21-43(34)49-45/h1-28H. The third kappa shape index (κ3) is 4.16. The molecule has 0 unspecified atom stereocenters. The van der Waals surface area contributed by atoms with Crippen molar-refractivity contribution in [2.45, 2.75) is 0 Å². The molecule has 0 bridgehead atoms. The van der Waals surface area contributed by atoms with Crippen molar-refractivity contribution in [3.05, 3.63) is 170 Å². The van der Waals surface area contributed by atoms with Gasteiger partial charge in [0.15, 0.2) is 0 Å². The molecule has 0 fully saturated rings. The van der Waals surface area contributed by atoms with Crippen molar-refractivity contribution >= 4 is 95.3 Å². The van der Waals surface area contributed by atoms with Crippen molar-refractivity contribution in [3.8, 4) is 33.4 Å². The second kappa shape index (κ2) is 10.9. The van der Waals surface area contributed by atoms with Gasteiger partial charge < -0.3 is 0 Å². The molecule has 0 N–H and O–H groups in total. The van der Waals surface area contributed by atoms with Crippen molar-refractivity contribution in [1.29, 1.82) is 0 Å². The minimum absolute atomic E-state index is 1.24. The van der Waals surface area contributed by atoms with E-state index < -0.39 is 0 Å². The summed E-state index contributed by atoms with van der Waals surface area (Å²) in [7, 11) is 0. The van der Waals surface area contributed by atoms with Gasteiger partial charge in [0.2, 0.25) is 0 Å². The van der Waals surface area contributed by atoms with E-state index in [0.29, 0.717) is 0 Å². The van der Waals surface area contributed by atoms with E-state index in [4.69, 9.17) is 0 Å². The van der Waals surface area contributed by atoms with E-state index in [1.807, 2.05) is 22.7 Å². The Hall–Kier alpha value is -5.80. The van der Waals surface area contributed by atoms with Gasteiger partial charge in [-0.3, -0.25) is 0 Å². The first-order valence-electron chi connectivity index (χ1n) is 17.1. The lowest BCUT2D eigenvalue weighted by Crippen LogP contribution is -1.92. The van der Waals surface area contributed by atoms with Crippen LogP contribution in [-0.4, -0.2) is 0 Å². The first-order chi connectivity index (χ1) is 24.8. The maximum Gasteiger partial charge on any atom is 0.0362 e. The van der Waals surface area contributed by atoms with Crippen LogP contribution in [0.25, 0.3) is 106 Å². The lowest BCUT2D eigenvalue weighted by Gasteiger charge is -2.19. The van der Waals surface area contributed by atoms with Crippen LogP contribution in [0.3, 0.4) is 0 Å². The molecule has 2 heterocycles. The number of fused-ring (bicyclic) bond motifs is 9. The van der Waals surface area contributed by atoms with Crippen LogP contribution in [0, 0.1) is 0 Å². The lowest BCUT2D eigenvalue weighted by molar-refractivity contribution is 1.65. The smallest absolute Gasteiger partial charge is 0.0362 e. The van der Waals surface area contributed by atoms with Crippen LogP contribution in [0.1, 0.15) is 0 Å². The number of benzene rings is 9. The average Bonchev–Trinajstić information content (AvgIpc) is 3.72. The minimum Gasteiger partial charge on any atom is -0.135 e. The van der Waals surface area contributed by atoms with Gasteiger partial charge in [0.1, 0.15) is 0 Å². The Labute approximate surface area is 297 Å². The summed E-state index contributed by atoms with van der Waals surface area (Å²) in [6, 6.07) is 63.2. The molecule has 11 aromatic rings. The Morgan fingerprint density at radius 2 is 0.780 bits per heavy atom. The van der Waals surface area contributed by atoms with Gasteiger partial charge >= 0.3 is 0 Å². The highest BCUT2D eigenvalue weighted by Gasteiger charge is 2.19. The molecule has 0 saturated carbocycles. The highest BCUT2D eigenvalue weighted by Crippen LogP contribution is 2.47. The Morgan fingerprint density at radius 1 is 0.260 bits per heavy atom. The summed E-state index contributed by atoms with van der Waals surface area (Å²) >= 11 is 3.80. The summed E-state index contributed by atoms with van der Waals surface area (Å²) in [5.41, 5.74) is 7.59. The lowest BCUT2D eigenvalue weighted by atomic mass is 9.84. The molecular weight excluding hydrogens is 641 g/mol. The molecule has 0 radical (unpaired) electrons. The molecule has 0 aliphatic rings. The van der Waals surface area contributed by atoms with Crippen LogP contribution in [0.4, 0.5) is 0 Å². The summed E-state index contributed by atoms with van der Waals surface area (Å²) in [5.74, 6) is 0. The van der Waals surface area contributed by atoms with Gasteiger partial charge in [0, 0.05) is 40.3 Å². The predicted molar refractivity (Wildman–Crippen MR) is 221 cm³/mol. The van der Waals surface area contributed by atoms with Crippen molar-refractivity contribution in [2.75, 3.05) is 0 Å². The van der Waals surface area contributed by atoms with Crippen molar-refractivity contribution in [3.63, 3.8) is 0 Å². The minimum atomic E-state index is 1.24. The summed E-state index contributed by atoms with van der Waals surface area (Å²) < 4.78 is 5.39. The average molecular weight is 669 g/mol. The van der Waals surface area contributed by atoms with Crippen LogP contribution in [-0.2, 0) is 0 Å². The van der Waals surface area contributed by atoms with Crippen LogP contribution in [0.5, 0.6) is 0 Å². The molecule has 232 valence electrons. The van der Waals surface area contributed by atoms with Gasteiger partial charge in [0.05, 0.1) is 0 Å². The zero-order chi connectivity index (χ0) is 32.8. The fraction of sp³-hybridized carbons (Fsp3) is 0. The van der Waals surface area contributed by atoms with Gasteiger partial charge in [-0.15, -0.1) is 22.7 Å². The third-order valence-electron chi connectivity index (χ3n) is 10.4. The van der Waals surface area contributed by atoms with Gasteiger partial charge in [-0.1, -0.05) is 127 Å². The van der Waals surface area contributed by atoms with Crippen LogP contribution in [0.2, 0.25) is 0 Å². The SMILES string of the molecule is c1ccc(-c2c3ccccc3c(-c3cc(-c4ccc5sc6cc7c(cc6c5c4)sc4ccccc47)cc4ccccc34)c3ccccc23)cc1. The first-order valence-corrected chi connectivity index (χ1v) is 18.7.